The topological polar surface area (TPSA) is 50.7 Å². The predicted octanol–water partition coefficient (Wildman–Crippen LogP) is 2.98. The quantitative estimate of drug-likeness (QED) is 0.805. The molecule has 1 aliphatic heterocycles. The van der Waals surface area contributed by atoms with Crippen molar-refractivity contribution in [3.8, 4) is 11.5 Å². The smallest absolute Gasteiger partial charge is 0.133 e. The minimum absolute atomic E-state index is 0.309. The van der Waals surface area contributed by atoms with E-state index in [-0.39, 0.29) is 0 Å². The van der Waals surface area contributed by atoms with Crippen LogP contribution < -0.4 is 10.2 Å². The molecule has 0 amide bonds. The molecule has 0 aliphatic carbocycles. The second kappa shape index (κ2) is 4.46. The normalized spacial score (nSPS) is 16.4. The van der Waals surface area contributed by atoms with Gasteiger partial charge >= 0.3 is 0 Å². The molecule has 0 fully saturated rings. The van der Waals surface area contributed by atoms with Gasteiger partial charge in [-0.15, -0.1) is 0 Å². The first-order chi connectivity index (χ1) is 8.78. The zero-order valence-electron chi connectivity index (χ0n) is 12.3. The molecule has 0 bridgehead atoms. The van der Waals surface area contributed by atoms with E-state index in [1.165, 1.54) is 0 Å². The minimum atomic E-state index is -0.422. The van der Waals surface area contributed by atoms with Crippen molar-refractivity contribution in [2.45, 2.75) is 40.2 Å². The lowest BCUT2D eigenvalue weighted by Crippen LogP contribution is -2.32. The van der Waals surface area contributed by atoms with Crippen molar-refractivity contribution in [2.24, 2.45) is 0 Å². The highest BCUT2D eigenvalue weighted by atomic mass is 16.6. The Morgan fingerprint density at radius 3 is 2.37 bits per heavy atom. The number of fused-ring (bicyclic) bond motifs is 1. The molecule has 2 N–H and O–H groups in total. The summed E-state index contributed by atoms with van der Waals surface area (Å²) in [6.45, 7) is 9.72. The van der Waals surface area contributed by atoms with E-state index in [1.54, 1.807) is 7.11 Å². The zero-order chi connectivity index (χ0) is 14.4. The first-order valence-electron chi connectivity index (χ1n) is 6.32. The highest BCUT2D eigenvalue weighted by molar-refractivity contribution is 5.78. The van der Waals surface area contributed by atoms with Crippen LogP contribution in [0, 0.1) is 20.8 Å². The number of hydrogen-bond donors (Lipinski definition) is 2. The van der Waals surface area contributed by atoms with Crippen molar-refractivity contribution in [2.75, 3.05) is 7.11 Å². The number of nitrogens with one attached hydrogen (secondary N) is 1. The number of aromatic hydroxyl groups is 1. The first-order valence-corrected chi connectivity index (χ1v) is 6.32. The van der Waals surface area contributed by atoms with E-state index in [1.807, 2.05) is 40.7 Å². The summed E-state index contributed by atoms with van der Waals surface area (Å²) in [5.74, 6) is 1.11. The van der Waals surface area contributed by atoms with Gasteiger partial charge in [0.25, 0.3) is 0 Å². The van der Waals surface area contributed by atoms with Gasteiger partial charge in [-0.3, -0.25) is 10.3 Å². The van der Waals surface area contributed by atoms with Gasteiger partial charge in [0.1, 0.15) is 17.1 Å². The molecule has 1 aromatic carbocycles. The molecule has 19 heavy (non-hydrogen) atoms. The Hall–Kier alpha value is -1.68. The molecule has 0 saturated heterocycles. The van der Waals surface area contributed by atoms with Crippen LogP contribution in [-0.4, -0.2) is 17.8 Å². The third-order valence-corrected chi connectivity index (χ3v) is 3.55. The fourth-order valence-corrected chi connectivity index (χ4v) is 2.46. The van der Waals surface area contributed by atoms with Gasteiger partial charge < -0.3 is 9.84 Å². The Morgan fingerprint density at radius 2 is 1.79 bits per heavy atom. The van der Waals surface area contributed by atoms with Gasteiger partial charge in [-0.05, 0) is 51.8 Å². The summed E-state index contributed by atoms with van der Waals surface area (Å²) < 4.78 is 6.06. The van der Waals surface area contributed by atoms with Crippen LogP contribution in [0.5, 0.6) is 11.5 Å². The summed E-state index contributed by atoms with van der Waals surface area (Å²) in [4.78, 5) is 5.04. The SMILES string of the molecule is CONC1=CC(C)(C)Oc2c(C)c(C)c(O)c(C)c21. The van der Waals surface area contributed by atoms with Crippen molar-refractivity contribution < 1.29 is 14.7 Å². The molecule has 1 aromatic rings. The largest absolute Gasteiger partial charge is 0.507 e. The number of benzene rings is 1. The van der Waals surface area contributed by atoms with Crippen molar-refractivity contribution >= 4 is 5.70 Å². The first kappa shape index (κ1) is 13.7. The monoisotopic (exact) mass is 263 g/mol. The third kappa shape index (κ3) is 2.16. The fraction of sp³-hybridized carbons (Fsp3) is 0.467. The Kier molecular flexibility index (Phi) is 3.22. The summed E-state index contributed by atoms with van der Waals surface area (Å²) in [5, 5.41) is 10.2. The van der Waals surface area contributed by atoms with Gasteiger partial charge in [0.05, 0.1) is 12.8 Å². The Balaban J connectivity index is 2.75. The van der Waals surface area contributed by atoms with Gasteiger partial charge in [-0.2, -0.15) is 0 Å². The van der Waals surface area contributed by atoms with Gasteiger partial charge in [0.15, 0.2) is 0 Å². The maximum Gasteiger partial charge on any atom is 0.133 e. The van der Waals surface area contributed by atoms with Gasteiger partial charge in [-0.1, -0.05) is 0 Å². The number of phenolic OH excluding ortho intramolecular Hbond substituents is 1. The maximum atomic E-state index is 10.2. The minimum Gasteiger partial charge on any atom is -0.507 e. The van der Waals surface area contributed by atoms with E-state index < -0.39 is 5.60 Å². The molecular weight excluding hydrogens is 242 g/mol. The van der Waals surface area contributed by atoms with Gasteiger partial charge in [-0.25, -0.2) is 0 Å². The van der Waals surface area contributed by atoms with E-state index in [0.717, 1.165) is 33.7 Å². The highest BCUT2D eigenvalue weighted by Gasteiger charge is 2.31. The number of hydroxylamine groups is 1. The summed E-state index contributed by atoms with van der Waals surface area (Å²) >= 11 is 0. The Bertz CT molecular complexity index is 559. The second-order valence-corrected chi connectivity index (χ2v) is 5.50. The van der Waals surface area contributed by atoms with Crippen LogP contribution in [-0.2, 0) is 4.84 Å². The number of rotatable bonds is 2. The van der Waals surface area contributed by atoms with Crippen molar-refractivity contribution in [1.29, 1.82) is 0 Å². The highest BCUT2D eigenvalue weighted by Crippen LogP contribution is 2.44. The summed E-state index contributed by atoms with van der Waals surface area (Å²) in [6.07, 6.45) is 1.96. The second-order valence-electron chi connectivity index (χ2n) is 5.50. The Morgan fingerprint density at radius 1 is 1.16 bits per heavy atom. The van der Waals surface area contributed by atoms with E-state index in [2.05, 4.69) is 5.48 Å². The van der Waals surface area contributed by atoms with E-state index in [9.17, 15) is 5.11 Å². The van der Waals surface area contributed by atoms with Crippen LogP contribution in [0.15, 0.2) is 6.08 Å². The number of ether oxygens (including phenoxy) is 1. The van der Waals surface area contributed by atoms with E-state index in [4.69, 9.17) is 9.57 Å². The lowest BCUT2D eigenvalue weighted by Gasteiger charge is -2.33. The molecule has 1 heterocycles. The van der Waals surface area contributed by atoms with Crippen molar-refractivity contribution in [1.82, 2.24) is 5.48 Å². The van der Waals surface area contributed by atoms with Crippen LogP contribution in [0.25, 0.3) is 5.70 Å². The van der Waals surface area contributed by atoms with E-state index >= 15 is 0 Å². The van der Waals surface area contributed by atoms with Gasteiger partial charge in [0.2, 0.25) is 0 Å². The maximum absolute atomic E-state index is 10.2. The summed E-state index contributed by atoms with van der Waals surface area (Å²) in [6, 6.07) is 0. The molecule has 1 aliphatic rings. The molecule has 0 aromatic heterocycles. The molecule has 0 atom stereocenters. The molecule has 2 rings (SSSR count). The van der Waals surface area contributed by atoms with Crippen LogP contribution >= 0.6 is 0 Å². The van der Waals surface area contributed by atoms with Gasteiger partial charge in [0, 0.05) is 11.1 Å². The zero-order valence-corrected chi connectivity index (χ0v) is 12.3. The third-order valence-electron chi connectivity index (χ3n) is 3.55. The molecule has 4 heteroatoms. The molecular formula is C15H21NO3. The average molecular weight is 263 g/mol. The van der Waals surface area contributed by atoms with Crippen molar-refractivity contribution in [3.05, 3.63) is 28.3 Å². The fourth-order valence-electron chi connectivity index (χ4n) is 2.46. The average Bonchev–Trinajstić information content (AvgIpc) is 2.32. The summed E-state index contributed by atoms with van der Waals surface area (Å²) in [5.41, 5.74) is 6.75. The van der Waals surface area contributed by atoms with Crippen molar-refractivity contribution in [3.63, 3.8) is 0 Å². The predicted molar refractivity (Wildman–Crippen MR) is 75.1 cm³/mol. The van der Waals surface area contributed by atoms with Crippen LogP contribution in [0.4, 0.5) is 0 Å². The Labute approximate surface area is 114 Å². The lowest BCUT2D eigenvalue weighted by molar-refractivity contribution is 0.123. The molecule has 4 nitrogen and oxygen atoms in total. The standard InChI is InChI=1S/C15H21NO3/c1-8-9(2)14-12(10(3)13(8)17)11(16-18-6)7-15(4,5)19-14/h7,16-17H,1-6H3. The number of phenols is 1. The van der Waals surface area contributed by atoms with Crippen LogP contribution in [0.1, 0.15) is 36.1 Å². The molecule has 0 spiro atoms. The number of hydrogen-bond acceptors (Lipinski definition) is 4. The molecule has 0 saturated carbocycles. The lowest BCUT2D eigenvalue weighted by atomic mass is 9.91. The van der Waals surface area contributed by atoms with E-state index in [0.29, 0.717) is 5.75 Å². The molecule has 104 valence electrons. The molecule has 0 radical (unpaired) electrons. The van der Waals surface area contributed by atoms with Crippen LogP contribution in [0.3, 0.4) is 0 Å². The van der Waals surface area contributed by atoms with Crippen LogP contribution in [0.2, 0.25) is 0 Å². The summed E-state index contributed by atoms with van der Waals surface area (Å²) in [7, 11) is 1.57. The molecule has 0 unspecified atom stereocenters.